The highest BCUT2D eigenvalue weighted by Crippen LogP contribution is 2.30. The molecule has 1 N–H and O–H groups in total. The summed E-state index contributed by atoms with van der Waals surface area (Å²) in [5.41, 5.74) is 2.38. The molecule has 0 spiro atoms. The third kappa shape index (κ3) is 4.58. The molecule has 0 saturated carbocycles. The summed E-state index contributed by atoms with van der Waals surface area (Å²) in [4.78, 5) is 2.39. The van der Waals surface area contributed by atoms with Crippen LogP contribution in [0.2, 0.25) is 5.02 Å². The Morgan fingerprint density at radius 3 is 3.00 bits per heavy atom. The van der Waals surface area contributed by atoms with Gasteiger partial charge in [0.25, 0.3) is 0 Å². The summed E-state index contributed by atoms with van der Waals surface area (Å²) in [7, 11) is 3.50. The van der Waals surface area contributed by atoms with E-state index < -0.39 is 0 Å². The lowest BCUT2D eigenvalue weighted by atomic mass is 10.0. The van der Waals surface area contributed by atoms with Crippen molar-refractivity contribution in [1.82, 2.24) is 5.32 Å². The fraction of sp³-hybridized carbons (Fsp3) is 0.625. The Balaban J connectivity index is 2.08. The summed E-state index contributed by atoms with van der Waals surface area (Å²) in [5, 5.41) is 4.20. The van der Waals surface area contributed by atoms with Gasteiger partial charge in [0.1, 0.15) is 0 Å². The second kappa shape index (κ2) is 8.59. The van der Waals surface area contributed by atoms with Gasteiger partial charge in [-0.1, -0.05) is 17.7 Å². The third-order valence-electron chi connectivity index (χ3n) is 3.93. The maximum absolute atomic E-state index is 6.40. The quantitative estimate of drug-likeness (QED) is 0.785. The monoisotopic (exact) mass is 312 g/mol. The molecular weight excluding hydrogens is 288 g/mol. The van der Waals surface area contributed by atoms with E-state index in [1.54, 1.807) is 14.2 Å². The Morgan fingerprint density at radius 1 is 1.38 bits per heavy atom. The van der Waals surface area contributed by atoms with Gasteiger partial charge in [0.05, 0.1) is 12.7 Å². The molecule has 4 nitrogen and oxygen atoms in total. The third-order valence-corrected chi connectivity index (χ3v) is 4.29. The first-order chi connectivity index (χ1) is 10.3. The Hall–Kier alpha value is -0.810. The molecule has 0 aromatic heterocycles. The Labute approximate surface area is 132 Å². The molecule has 1 aliphatic heterocycles. The molecule has 1 aromatic carbocycles. The summed E-state index contributed by atoms with van der Waals surface area (Å²) in [6, 6.07) is 6.13. The Bertz CT molecular complexity index is 442. The van der Waals surface area contributed by atoms with Gasteiger partial charge < -0.3 is 19.7 Å². The number of halogens is 1. The molecule has 1 aromatic rings. The van der Waals surface area contributed by atoms with Crippen LogP contribution < -0.4 is 10.2 Å². The van der Waals surface area contributed by atoms with Crippen LogP contribution in [-0.4, -0.2) is 46.6 Å². The van der Waals surface area contributed by atoms with Gasteiger partial charge in [-0.2, -0.15) is 0 Å². The molecule has 1 atom stereocenters. The smallest absolute Gasteiger partial charge is 0.0746 e. The van der Waals surface area contributed by atoms with Crippen molar-refractivity contribution in [3.05, 3.63) is 28.8 Å². The van der Waals surface area contributed by atoms with Crippen LogP contribution in [0.4, 0.5) is 5.69 Å². The lowest BCUT2D eigenvalue weighted by Gasteiger charge is -2.35. The van der Waals surface area contributed by atoms with Crippen LogP contribution >= 0.6 is 11.6 Å². The van der Waals surface area contributed by atoms with Gasteiger partial charge in [-0.25, -0.2) is 0 Å². The van der Waals surface area contributed by atoms with Crippen molar-refractivity contribution in [2.24, 2.45) is 0 Å². The predicted molar refractivity (Wildman–Crippen MR) is 87.3 cm³/mol. The summed E-state index contributed by atoms with van der Waals surface area (Å²) >= 11 is 6.40. The molecule has 1 fully saturated rings. The molecule has 0 bridgehead atoms. The Kier molecular flexibility index (Phi) is 6.77. The fourth-order valence-corrected chi connectivity index (χ4v) is 2.99. The lowest BCUT2D eigenvalue weighted by molar-refractivity contribution is 0.0893. The minimum Gasteiger partial charge on any atom is -0.383 e. The van der Waals surface area contributed by atoms with E-state index in [-0.39, 0.29) is 0 Å². The predicted octanol–water partition coefficient (Wildman–Crippen LogP) is 2.69. The number of anilines is 1. The molecular formula is C16H25ClN2O2. The molecule has 1 saturated heterocycles. The standard InChI is InChI=1S/C16H25ClN2O2/c1-20-10-8-18-11-14-15(17)6-3-7-16(14)19-9-4-5-13(12-19)21-2/h3,6-7,13,18H,4-5,8-12H2,1-2H3. The van der Waals surface area contributed by atoms with Crippen LogP contribution in [0, 0.1) is 0 Å². The van der Waals surface area contributed by atoms with Crippen molar-refractivity contribution >= 4 is 17.3 Å². The molecule has 1 heterocycles. The zero-order chi connectivity index (χ0) is 15.1. The van der Waals surface area contributed by atoms with Crippen molar-refractivity contribution in [2.75, 3.05) is 45.4 Å². The van der Waals surface area contributed by atoms with Crippen molar-refractivity contribution in [3.8, 4) is 0 Å². The fourth-order valence-electron chi connectivity index (χ4n) is 2.76. The first-order valence-electron chi connectivity index (χ1n) is 7.51. The van der Waals surface area contributed by atoms with Crippen LogP contribution in [0.25, 0.3) is 0 Å². The zero-order valence-electron chi connectivity index (χ0n) is 12.9. The van der Waals surface area contributed by atoms with Gasteiger partial charge in [0.15, 0.2) is 0 Å². The van der Waals surface area contributed by atoms with Crippen LogP contribution in [0.1, 0.15) is 18.4 Å². The number of nitrogens with one attached hydrogen (secondary N) is 1. The van der Waals surface area contributed by atoms with Crippen LogP contribution in [0.3, 0.4) is 0 Å². The van der Waals surface area contributed by atoms with E-state index in [0.717, 1.165) is 49.6 Å². The number of rotatable bonds is 7. The largest absolute Gasteiger partial charge is 0.383 e. The molecule has 21 heavy (non-hydrogen) atoms. The SMILES string of the molecule is COCCNCc1c(Cl)cccc1N1CCCC(OC)C1. The maximum atomic E-state index is 6.40. The maximum Gasteiger partial charge on any atom is 0.0746 e. The number of nitrogens with zero attached hydrogens (tertiary/aromatic N) is 1. The second-order valence-corrected chi connectivity index (χ2v) is 5.76. The molecule has 0 aliphatic carbocycles. The summed E-state index contributed by atoms with van der Waals surface area (Å²) in [6.45, 7) is 4.27. The molecule has 5 heteroatoms. The number of hydrogen-bond acceptors (Lipinski definition) is 4. The lowest BCUT2D eigenvalue weighted by Crippen LogP contribution is -2.40. The molecule has 1 aliphatic rings. The molecule has 0 radical (unpaired) electrons. The van der Waals surface area contributed by atoms with Gasteiger partial charge >= 0.3 is 0 Å². The van der Waals surface area contributed by atoms with E-state index in [4.69, 9.17) is 21.1 Å². The summed E-state index contributed by atoms with van der Waals surface area (Å²) in [6.07, 6.45) is 2.60. The normalized spacial score (nSPS) is 19.0. The van der Waals surface area contributed by atoms with Gasteiger partial charge in [-0.15, -0.1) is 0 Å². The van der Waals surface area contributed by atoms with E-state index in [2.05, 4.69) is 16.3 Å². The highest BCUT2D eigenvalue weighted by atomic mass is 35.5. The van der Waals surface area contributed by atoms with E-state index in [0.29, 0.717) is 12.7 Å². The molecule has 2 rings (SSSR count). The number of hydrogen-bond donors (Lipinski definition) is 1. The summed E-state index contributed by atoms with van der Waals surface area (Å²) in [5.74, 6) is 0. The zero-order valence-corrected chi connectivity index (χ0v) is 13.7. The van der Waals surface area contributed by atoms with Crippen LogP contribution in [0.5, 0.6) is 0 Å². The first kappa shape index (κ1) is 16.6. The average molecular weight is 313 g/mol. The van der Waals surface area contributed by atoms with E-state index in [1.165, 1.54) is 5.69 Å². The topological polar surface area (TPSA) is 33.7 Å². The van der Waals surface area contributed by atoms with Crippen molar-refractivity contribution < 1.29 is 9.47 Å². The highest BCUT2D eigenvalue weighted by Gasteiger charge is 2.22. The number of ether oxygens (including phenoxy) is 2. The summed E-state index contributed by atoms with van der Waals surface area (Å²) < 4.78 is 10.6. The molecule has 1 unspecified atom stereocenters. The van der Waals surface area contributed by atoms with E-state index in [9.17, 15) is 0 Å². The number of methoxy groups -OCH3 is 2. The second-order valence-electron chi connectivity index (χ2n) is 5.35. The highest BCUT2D eigenvalue weighted by molar-refractivity contribution is 6.31. The molecule has 0 amide bonds. The van der Waals surface area contributed by atoms with E-state index >= 15 is 0 Å². The van der Waals surface area contributed by atoms with Crippen LogP contribution in [0.15, 0.2) is 18.2 Å². The van der Waals surface area contributed by atoms with Crippen molar-refractivity contribution in [1.29, 1.82) is 0 Å². The number of benzene rings is 1. The average Bonchev–Trinajstić information content (AvgIpc) is 2.52. The molecule has 118 valence electrons. The van der Waals surface area contributed by atoms with Crippen molar-refractivity contribution in [3.63, 3.8) is 0 Å². The minimum absolute atomic E-state index is 0.312. The van der Waals surface area contributed by atoms with Gasteiger partial charge in [-0.05, 0) is 25.0 Å². The van der Waals surface area contributed by atoms with Gasteiger partial charge in [-0.3, -0.25) is 0 Å². The first-order valence-corrected chi connectivity index (χ1v) is 7.89. The van der Waals surface area contributed by atoms with Crippen LogP contribution in [-0.2, 0) is 16.0 Å². The minimum atomic E-state index is 0.312. The number of piperidine rings is 1. The Morgan fingerprint density at radius 2 is 2.24 bits per heavy atom. The van der Waals surface area contributed by atoms with Gasteiger partial charge in [0.2, 0.25) is 0 Å². The van der Waals surface area contributed by atoms with E-state index in [1.807, 2.05) is 12.1 Å². The van der Waals surface area contributed by atoms with Crippen molar-refractivity contribution in [2.45, 2.75) is 25.5 Å². The van der Waals surface area contributed by atoms with Gasteiger partial charge in [0, 0.05) is 56.7 Å².